The third-order valence-electron chi connectivity index (χ3n) is 3.69. The summed E-state index contributed by atoms with van der Waals surface area (Å²) in [5.74, 6) is 0.924. The summed E-state index contributed by atoms with van der Waals surface area (Å²) in [4.78, 5) is 5.05. The predicted octanol–water partition coefficient (Wildman–Crippen LogP) is 1.05. The maximum atomic E-state index is 5.38. The van der Waals surface area contributed by atoms with Crippen LogP contribution in [0.15, 0.2) is 0 Å². The molecule has 0 aliphatic carbocycles. The van der Waals surface area contributed by atoms with Gasteiger partial charge in [0.1, 0.15) is 0 Å². The van der Waals surface area contributed by atoms with E-state index in [1.165, 1.54) is 38.9 Å². The van der Waals surface area contributed by atoms with Crippen LogP contribution in [0.4, 0.5) is 0 Å². The molecule has 2 fully saturated rings. The van der Waals surface area contributed by atoms with Gasteiger partial charge >= 0.3 is 0 Å². The molecule has 0 radical (unpaired) electrons. The van der Waals surface area contributed by atoms with Gasteiger partial charge in [0.05, 0.1) is 13.2 Å². The van der Waals surface area contributed by atoms with Gasteiger partial charge < -0.3 is 9.64 Å². The lowest BCUT2D eigenvalue weighted by Crippen LogP contribution is -2.39. The first-order valence-corrected chi connectivity index (χ1v) is 6.33. The van der Waals surface area contributed by atoms with Crippen LogP contribution in [0.25, 0.3) is 0 Å². The average Bonchev–Trinajstić information content (AvgIpc) is 2.46. The minimum Gasteiger partial charge on any atom is -0.379 e. The summed E-state index contributed by atoms with van der Waals surface area (Å²) < 4.78 is 5.38. The van der Waals surface area contributed by atoms with Gasteiger partial charge in [-0.05, 0) is 45.3 Å². The first kappa shape index (κ1) is 11.4. The molecule has 0 spiro atoms. The Kier molecular flexibility index (Phi) is 4.42. The van der Waals surface area contributed by atoms with Gasteiger partial charge in [0.25, 0.3) is 0 Å². The number of ether oxygens (including phenoxy) is 1. The fraction of sp³-hybridized carbons (Fsp3) is 1.00. The summed E-state index contributed by atoms with van der Waals surface area (Å²) in [5.41, 5.74) is 0. The molecule has 0 aromatic heterocycles. The molecular weight excluding hydrogens is 188 g/mol. The van der Waals surface area contributed by atoms with E-state index in [1.807, 2.05) is 0 Å². The van der Waals surface area contributed by atoms with Crippen molar-refractivity contribution in [1.82, 2.24) is 9.80 Å². The number of hydrogen-bond acceptors (Lipinski definition) is 3. The first-order valence-electron chi connectivity index (χ1n) is 6.33. The van der Waals surface area contributed by atoms with Crippen molar-refractivity contribution in [3.63, 3.8) is 0 Å². The van der Waals surface area contributed by atoms with Gasteiger partial charge in [0.2, 0.25) is 0 Å². The second-order valence-electron chi connectivity index (χ2n) is 5.01. The Morgan fingerprint density at radius 1 is 1.07 bits per heavy atom. The molecular formula is C12H24N2O. The zero-order valence-corrected chi connectivity index (χ0v) is 9.95. The Hall–Kier alpha value is -0.120. The molecule has 2 heterocycles. The molecule has 1 unspecified atom stereocenters. The highest BCUT2D eigenvalue weighted by Gasteiger charge is 2.19. The topological polar surface area (TPSA) is 15.7 Å². The van der Waals surface area contributed by atoms with Crippen LogP contribution in [-0.4, -0.2) is 62.8 Å². The van der Waals surface area contributed by atoms with Crippen LogP contribution in [0.3, 0.4) is 0 Å². The minimum atomic E-state index is 0.924. The van der Waals surface area contributed by atoms with E-state index in [2.05, 4.69) is 16.8 Å². The molecule has 2 aliphatic rings. The quantitative estimate of drug-likeness (QED) is 0.680. The van der Waals surface area contributed by atoms with Crippen molar-refractivity contribution in [1.29, 1.82) is 0 Å². The van der Waals surface area contributed by atoms with Crippen molar-refractivity contribution in [2.75, 3.05) is 53.0 Å². The Labute approximate surface area is 93.4 Å². The van der Waals surface area contributed by atoms with Gasteiger partial charge in [-0.3, -0.25) is 4.90 Å². The zero-order chi connectivity index (χ0) is 10.5. The normalized spacial score (nSPS) is 31.4. The Morgan fingerprint density at radius 3 is 2.67 bits per heavy atom. The van der Waals surface area contributed by atoms with E-state index in [0.29, 0.717) is 0 Å². The lowest BCUT2D eigenvalue weighted by Gasteiger charge is -2.30. The lowest BCUT2D eigenvalue weighted by atomic mass is 10.00. The Morgan fingerprint density at radius 2 is 1.87 bits per heavy atom. The SMILES string of the molecule is CN1CCCC(CN2CCOCC2)CC1. The molecule has 0 N–H and O–H groups in total. The summed E-state index contributed by atoms with van der Waals surface area (Å²) in [6, 6.07) is 0. The van der Waals surface area contributed by atoms with E-state index in [1.54, 1.807) is 0 Å². The summed E-state index contributed by atoms with van der Waals surface area (Å²) in [7, 11) is 2.25. The van der Waals surface area contributed by atoms with E-state index in [0.717, 1.165) is 32.2 Å². The van der Waals surface area contributed by atoms with Crippen LogP contribution in [0.1, 0.15) is 19.3 Å². The van der Waals surface area contributed by atoms with Gasteiger partial charge in [-0.2, -0.15) is 0 Å². The van der Waals surface area contributed by atoms with Crippen LogP contribution in [0.2, 0.25) is 0 Å². The summed E-state index contributed by atoms with van der Waals surface area (Å²) >= 11 is 0. The highest BCUT2D eigenvalue weighted by atomic mass is 16.5. The molecule has 15 heavy (non-hydrogen) atoms. The standard InChI is InChI=1S/C12H24N2O/c1-13-5-2-3-12(4-6-13)11-14-7-9-15-10-8-14/h12H,2-11H2,1H3. The highest BCUT2D eigenvalue weighted by molar-refractivity contribution is 4.73. The Balaban J connectivity index is 1.72. The second kappa shape index (κ2) is 5.83. The molecule has 0 aromatic carbocycles. The summed E-state index contributed by atoms with van der Waals surface area (Å²) in [5, 5.41) is 0. The van der Waals surface area contributed by atoms with Crippen molar-refractivity contribution in [3.8, 4) is 0 Å². The molecule has 0 amide bonds. The van der Waals surface area contributed by atoms with Crippen LogP contribution >= 0.6 is 0 Å². The van der Waals surface area contributed by atoms with E-state index < -0.39 is 0 Å². The smallest absolute Gasteiger partial charge is 0.0594 e. The third-order valence-corrected chi connectivity index (χ3v) is 3.69. The molecule has 2 saturated heterocycles. The largest absolute Gasteiger partial charge is 0.379 e. The summed E-state index contributed by atoms with van der Waals surface area (Å²) in [6.07, 6.45) is 4.18. The van der Waals surface area contributed by atoms with Gasteiger partial charge in [-0.25, -0.2) is 0 Å². The monoisotopic (exact) mass is 212 g/mol. The highest BCUT2D eigenvalue weighted by Crippen LogP contribution is 2.18. The van der Waals surface area contributed by atoms with Crippen molar-refractivity contribution < 1.29 is 4.74 Å². The van der Waals surface area contributed by atoms with Gasteiger partial charge in [0, 0.05) is 19.6 Å². The maximum absolute atomic E-state index is 5.38. The number of hydrogen-bond donors (Lipinski definition) is 0. The lowest BCUT2D eigenvalue weighted by molar-refractivity contribution is 0.0296. The fourth-order valence-corrected chi connectivity index (χ4v) is 2.64. The first-order chi connectivity index (χ1) is 7.34. The number of likely N-dealkylation sites (tertiary alicyclic amines) is 1. The zero-order valence-electron chi connectivity index (χ0n) is 9.95. The molecule has 0 bridgehead atoms. The van der Waals surface area contributed by atoms with Crippen molar-refractivity contribution in [2.24, 2.45) is 5.92 Å². The minimum absolute atomic E-state index is 0.924. The number of morpholine rings is 1. The van der Waals surface area contributed by atoms with E-state index in [-0.39, 0.29) is 0 Å². The van der Waals surface area contributed by atoms with Gasteiger partial charge in [0.15, 0.2) is 0 Å². The second-order valence-corrected chi connectivity index (χ2v) is 5.01. The third kappa shape index (κ3) is 3.74. The summed E-state index contributed by atoms with van der Waals surface area (Å²) in [6.45, 7) is 8.05. The molecule has 2 aliphatic heterocycles. The fourth-order valence-electron chi connectivity index (χ4n) is 2.64. The number of nitrogens with zero attached hydrogens (tertiary/aromatic N) is 2. The van der Waals surface area contributed by atoms with E-state index in [9.17, 15) is 0 Å². The average molecular weight is 212 g/mol. The Bertz CT molecular complexity index is 180. The predicted molar refractivity (Wildman–Crippen MR) is 62.1 cm³/mol. The van der Waals surface area contributed by atoms with Gasteiger partial charge in [-0.15, -0.1) is 0 Å². The molecule has 1 atom stereocenters. The van der Waals surface area contributed by atoms with Gasteiger partial charge in [-0.1, -0.05) is 0 Å². The number of rotatable bonds is 2. The van der Waals surface area contributed by atoms with Crippen LogP contribution < -0.4 is 0 Å². The molecule has 3 heteroatoms. The van der Waals surface area contributed by atoms with Crippen LogP contribution in [0.5, 0.6) is 0 Å². The van der Waals surface area contributed by atoms with Crippen LogP contribution in [-0.2, 0) is 4.74 Å². The molecule has 0 aromatic rings. The van der Waals surface area contributed by atoms with E-state index >= 15 is 0 Å². The van der Waals surface area contributed by atoms with Crippen LogP contribution in [0, 0.1) is 5.92 Å². The molecule has 2 rings (SSSR count). The molecule has 3 nitrogen and oxygen atoms in total. The van der Waals surface area contributed by atoms with E-state index in [4.69, 9.17) is 4.74 Å². The molecule has 0 saturated carbocycles. The molecule has 88 valence electrons. The maximum Gasteiger partial charge on any atom is 0.0594 e. The van der Waals surface area contributed by atoms with Crippen molar-refractivity contribution in [2.45, 2.75) is 19.3 Å². The van der Waals surface area contributed by atoms with Crippen molar-refractivity contribution in [3.05, 3.63) is 0 Å². The van der Waals surface area contributed by atoms with Crippen molar-refractivity contribution >= 4 is 0 Å².